The highest BCUT2D eigenvalue weighted by molar-refractivity contribution is 6.01. The van der Waals surface area contributed by atoms with Crippen LogP contribution in [0.2, 0.25) is 0 Å². The second-order valence-corrected chi connectivity index (χ2v) is 18.8. The zero-order valence-corrected chi connectivity index (χ0v) is 40.3. The summed E-state index contributed by atoms with van der Waals surface area (Å²) in [6, 6.07) is 111. The Morgan fingerprint density at radius 1 is 0.274 bits per heavy atom. The van der Waals surface area contributed by atoms with Crippen molar-refractivity contribution in [3.63, 3.8) is 0 Å². The summed E-state index contributed by atoms with van der Waals surface area (Å²) in [5.41, 5.74) is 22.8. The van der Waals surface area contributed by atoms with Crippen LogP contribution in [0.25, 0.3) is 72.7 Å². The van der Waals surface area contributed by atoms with E-state index in [9.17, 15) is 0 Å². The molecule has 0 saturated heterocycles. The van der Waals surface area contributed by atoms with Crippen molar-refractivity contribution >= 4 is 17.1 Å². The highest BCUT2D eigenvalue weighted by atomic mass is 15.1. The van der Waals surface area contributed by atoms with Gasteiger partial charge in [0, 0.05) is 39.4 Å². The number of benzene rings is 11. The van der Waals surface area contributed by atoms with Crippen molar-refractivity contribution in [3.8, 4) is 72.7 Å². The van der Waals surface area contributed by atoms with Gasteiger partial charge in [-0.2, -0.15) is 0 Å². The van der Waals surface area contributed by atoms with E-state index >= 15 is 0 Å². The molecule has 1 aliphatic rings. The Balaban J connectivity index is 1.07. The monoisotopic (exact) mass is 930 g/mol. The molecule has 0 saturated carbocycles. The van der Waals surface area contributed by atoms with Crippen molar-refractivity contribution in [2.24, 2.45) is 0 Å². The van der Waals surface area contributed by atoms with Crippen LogP contribution >= 0.6 is 0 Å². The summed E-state index contributed by atoms with van der Waals surface area (Å²) in [5, 5.41) is 0. The van der Waals surface area contributed by atoms with Crippen LogP contribution in [0.15, 0.2) is 303 Å². The second kappa shape index (κ2) is 18.7. The number of hydrogen-bond donors (Lipinski definition) is 0. The van der Waals surface area contributed by atoms with Gasteiger partial charge in [-0.15, -0.1) is 0 Å². The van der Waals surface area contributed by atoms with E-state index in [2.05, 4.69) is 313 Å². The Labute approximate surface area is 428 Å². The van der Waals surface area contributed by atoms with E-state index in [4.69, 9.17) is 0 Å². The van der Waals surface area contributed by atoms with E-state index in [1.807, 2.05) is 0 Å². The first-order valence-electron chi connectivity index (χ1n) is 25.2. The lowest BCUT2D eigenvalue weighted by molar-refractivity contribution is 0.771. The molecule has 0 unspecified atom stereocenters. The van der Waals surface area contributed by atoms with Gasteiger partial charge in [-0.1, -0.05) is 255 Å². The molecule has 12 aromatic rings. The predicted molar refractivity (Wildman–Crippen MR) is 305 cm³/mol. The third kappa shape index (κ3) is 7.60. The molecule has 0 radical (unpaired) electrons. The highest BCUT2D eigenvalue weighted by Crippen LogP contribution is 2.63. The lowest BCUT2D eigenvalue weighted by Gasteiger charge is -2.35. The van der Waals surface area contributed by atoms with E-state index in [0.717, 1.165) is 28.3 Å². The molecule has 2 heteroatoms. The maximum atomic E-state index is 2.55. The Kier molecular flexibility index (Phi) is 11.1. The summed E-state index contributed by atoms with van der Waals surface area (Å²) < 4.78 is 2.55. The standard InChI is InChI=1S/C71H50N2/c1-8-22-51(23-9-1)53-36-38-54(39-37-53)56-42-46-63(47-43-56)72(62-44-40-55(41-45-62)52-24-10-2-11-25-52)64-48-49-65-66(50-64)71(59-30-16-5-17-31-59,60-32-18-6-19-33-60)68-67(57-26-12-3-13-27-57)69(58-28-14-4-15-29-58)73(70(65)68)61-34-20-7-21-35-61/h1-50H. The number of aromatic nitrogens is 1. The van der Waals surface area contributed by atoms with Gasteiger partial charge in [0.25, 0.3) is 0 Å². The third-order valence-electron chi connectivity index (χ3n) is 14.7. The second-order valence-electron chi connectivity index (χ2n) is 18.8. The van der Waals surface area contributed by atoms with Gasteiger partial charge in [0.05, 0.1) is 16.8 Å². The van der Waals surface area contributed by atoms with Crippen LogP contribution in [0.1, 0.15) is 22.3 Å². The predicted octanol–water partition coefficient (Wildman–Crippen LogP) is 18.6. The molecule has 13 rings (SSSR count). The van der Waals surface area contributed by atoms with Crippen molar-refractivity contribution in [1.82, 2.24) is 4.57 Å². The van der Waals surface area contributed by atoms with Crippen molar-refractivity contribution in [3.05, 3.63) is 326 Å². The molecule has 11 aromatic carbocycles. The van der Waals surface area contributed by atoms with Gasteiger partial charge in [0.2, 0.25) is 0 Å². The zero-order valence-electron chi connectivity index (χ0n) is 40.3. The lowest BCUT2D eigenvalue weighted by Crippen LogP contribution is -2.29. The summed E-state index contributed by atoms with van der Waals surface area (Å²) in [7, 11) is 0. The zero-order chi connectivity index (χ0) is 48.6. The summed E-state index contributed by atoms with van der Waals surface area (Å²) >= 11 is 0. The average Bonchev–Trinajstić information content (AvgIpc) is 3.98. The Morgan fingerprint density at radius 3 is 1.05 bits per heavy atom. The molecule has 0 amide bonds. The summed E-state index contributed by atoms with van der Waals surface area (Å²) in [5.74, 6) is 0. The quantitative estimate of drug-likeness (QED) is 0.125. The van der Waals surface area contributed by atoms with Crippen LogP contribution in [-0.4, -0.2) is 4.57 Å². The third-order valence-corrected chi connectivity index (χ3v) is 14.7. The molecule has 73 heavy (non-hydrogen) atoms. The number of fused-ring (bicyclic) bond motifs is 3. The number of hydrogen-bond acceptors (Lipinski definition) is 1. The fraction of sp³-hybridized carbons (Fsp3) is 0.0141. The van der Waals surface area contributed by atoms with Gasteiger partial charge in [0.1, 0.15) is 0 Å². The molecule has 1 aliphatic carbocycles. The number of anilines is 3. The molecule has 0 spiro atoms. The maximum absolute atomic E-state index is 2.55. The molecular formula is C71H50N2. The Morgan fingerprint density at radius 2 is 0.616 bits per heavy atom. The Hall–Kier alpha value is -9.50. The van der Waals surface area contributed by atoms with Gasteiger partial charge >= 0.3 is 0 Å². The topological polar surface area (TPSA) is 8.17 Å². The van der Waals surface area contributed by atoms with Crippen molar-refractivity contribution in [2.45, 2.75) is 5.41 Å². The average molecular weight is 931 g/mol. The molecule has 1 heterocycles. The molecule has 2 nitrogen and oxygen atoms in total. The molecule has 0 atom stereocenters. The molecule has 0 bridgehead atoms. The highest BCUT2D eigenvalue weighted by Gasteiger charge is 2.51. The van der Waals surface area contributed by atoms with E-state index in [1.165, 1.54) is 83.7 Å². The molecule has 1 aromatic heterocycles. The first-order valence-corrected chi connectivity index (χ1v) is 25.2. The number of rotatable bonds is 11. The molecule has 0 fully saturated rings. The number of nitrogens with zero attached hydrogens (tertiary/aromatic N) is 2. The molecule has 0 aliphatic heterocycles. The van der Waals surface area contributed by atoms with Crippen molar-refractivity contribution in [1.29, 1.82) is 0 Å². The fourth-order valence-corrected chi connectivity index (χ4v) is 11.4. The van der Waals surface area contributed by atoms with E-state index in [-0.39, 0.29) is 0 Å². The van der Waals surface area contributed by atoms with Crippen LogP contribution in [0, 0.1) is 0 Å². The Bertz CT molecular complexity index is 3780. The van der Waals surface area contributed by atoms with Gasteiger partial charge in [-0.05, 0) is 110 Å². The van der Waals surface area contributed by atoms with Crippen LogP contribution in [-0.2, 0) is 5.41 Å². The summed E-state index contributed by atoms with van der Waals surface area (Å²) in [6.45, 7) is 0. The minimum Gasteiger partial charge on any atom is -0.310 e. The van der Waals surface area contributed by atoms with E-state index < -0.39 is 5.41 Å². The van der Waals surface area contributed by atoms with E-state index in [1.54, 1.807) is 0 Å². The molecule has 0 N–H and O–H groups in total. The van der Waals surface area contributed by atoms with Crippen molar-refractivity contribution in [2.75, 3.05) is 4.90 Å². The van der Waals surface area contributed by atoms with Crippen molar-refractivity contribution < 1.29 is 0 Å². The minimum atomic E-state index is -0.740. The minimum absolute atomic E-state index is 0.740. The summed E-state index contributed by atoms with van der Waals surface area (Å²) in [4.78, 5) is 2.43. The van der Waals surface area contributed by atoms with Crippen LogP contribution < -0.4 is 4.90 Å². The normalized spacial score (nSPS) is 12.2. The smallest absolute Gasteiger partial charge is 0.0736 e. The van der Waals surface area contributed by atoms with Crippen LogP contribution in [0.3, 0.4) is 0 Å². The van der Waals surface area contributed by atoms with Crippen LogP contribution in [0.4, 0.5) is 17.1 Å². The van der Waals surface area contributed by atoms with Gasteiger partial charge in [-0.3, -0.25) is 0 Å². The largest absolute Gasteiger partial charge is 0.310 e. The lowest BCUT2D eigenvalue weighted by atomic mass is 9.66. The SMILES string of the molecule is c1ccc(-c2ccc(-c3ccc(N(c4ccc(-c5ccccc5)cc4)c4ccc5c(c4)C(c4ccccc4)(c4ccccc4)c4c(-c6ccccc6)c(-c6ccccc6)n(-c6ccccc6)c4-5)cc3)cc2)cc1. The van der Waals surface area contributed by atoms with Crippen LogP contribution in [0.5, 0.6) is 0 Å². The molecule has 344 valence electrons. The van der Waals surface area contributed by atoms with Gasteiger partial charge in [0.15, 0.2) is 0 Å². The van der Waals surface area contributed by atoms with Gasteiger partial charge < -0.3 is 9.47 Å². The molecular weight excluding hydrogens is 881 g/mol. The first kappa shape index (κ1) is 43.5. The van der Waals surface area contributed by atoms with E-state index in [0.29, 0.717) is 0 Å². The summed E-state index contributed by atoms with van der Waals surface area (Å²) in [6.07, 6.45) is 0. The fourth-order valence-electron chi connectivity index (χ4n) is 11.4. The first-order chi connectivity index (χ1) is 36.2. The van der Waals surface area contributed by atoms with Gasteiger partial charge in [-0.25, -0.2) is 0 Å². The maximum Gasteiger partial charge on any atom is 0.0736 e. The number of para-hydroxylation sites is 1.